The van der Waals surface area contributed by atoms with Gasteiger partial charge >= 0.3 is 6.18 Å². The summed E-state index contributed by atoms with van der Waals surface area (Å²) in [4.78, 5) is 12.6. The van der Waals surface area contributed by atoms with Crippen LogP contribution in [0.5, 0.6) is 0 Å². The molecular formula is C18H20F3N5O. The zero-order valence-corrected chi connectivity index (χ0v) is 14.7. The molecule has 0 unspecified atom stereocenters. The molecule has 0 radical (unpaired) electrons. The molecule has 0 aliphatic carbocycles. The average Bonchev–Trinajstić information content (AvgIpc) is 2.66. The molecule has 27 heavy (non-hydrogen) atoms. The van der Waals surface area contributed by atoms with Gasteiger partial charge in [0.05, 0.1) is 11.3 Å². The Bertz CT molecular complexity index is 799. The van der Waals surface area contributed by atoms with Gasteiger partial charge in [0, 0.05) is 32.4 Å². The van der Waals surface area contributed by atoms with Crippen LogP contribution in [0, 0.1) is 6.92 Å². The Hall–Kier alpha value is -2.81. The lowest BCUT2D eigenvalue weighted by atomic mass is 10.2. The second-order valence-electron chi connectivity index (χ2n) is 6.21. The third kappa shape index (κ3) is 4.48. The number of anilines is 1. The first kappa shape index (κ1) is 19.0. The summed E-state index contributed by atoms with van der Waals surface area (Å²) in [6, 6.07) is 8.37. The fourth-order valence-corrected chi connectivity index (χ4v) is 2.95. The van der Waals surface area contributed by atoms with E-state index in [1.165, 1.54) is 12.1 Å². The highest BCUT2D eigenvalue weighted by Crippen LogP contribution is 2.30. The van der Waals surface area contributed by atoms with Crippen molar-refractivity contribution in [1.82, 2.24) is 15.4 Å². The maximum Gasteiger partial charge on any atom is 0.416 e. The first-order valence-corrected chi connectivity index (χ1v) is 8.46. The number of benzene rings is 1. The minimum Gasteiger partial charge on any atom is -0.353 e. The number of aromatic nitrogens is 1. The van der Waals surface area contributed by atoms with Crippen LogP contribution in [0.25, 0.3) is 0 Å². The Balaban J connectivity index is 1.68. The number of pyridine rings is 1. The van der Waals surface area contributed by atoms with E-state index >= 15 is 0 Å². The highest BCUT2D eigenvalue weighted by Gasteiger charge is 2.30. The second kappa shape index (κ2) is 7.83. The van der Waals surface area contributed by atoms with Crippen molar-refractivity contribution in [1.29, 1.82) is 0 Å². The molecule has 6 nitrogen and oxygen atoms in total. The molecule has 1 saturated heterocycles. The van der Waals surface area contributed by atoms with Gasteiger partial charge in [0.1, 0.15) is 5.82 Å². The smallest absolute Gasteiger partial charge is 0.353 e. The van der Waals surface area contributed by atoms with Crippen LogP contribution in [-0.2, 0) is 6.18 Å². The second-order valence-corrected chi connectivity index (χ2v) is 6.21. The number of rotatable bonds is 2. The van der Waals surface area contributed by atoms with E-state index in [1.54, 1.807) is 6.20 Å². The van der Waals surface area contributed by atoms with E-state index in [2.05, 4.69) is 20.4 Å². The van der Waals surface area contributed by atoms with Gasteiger partial charge in [-0.15, -0.1) is 0 Å². The summed E-state index contributed by atoms with van der Waals surface area (Å²) in [6.45, 7) is 4.55. The number of nitrogens with one attached hydrogen (secondary N) is 1. The number of halogens is 3. The summed E-state index contributed by atoms with van der Waals surface area (Å²) in [6.07, 6.45) is -2.64. The van der Waals surface area contributed by atoms with Gasteiger partial charge in [0.2, 0.25) is 5.96 Å². The fourth-order valence-electron chi connectivity index (χ4n) is 2.95. The molecule has 1 fully saturated rings. The van der Waals surface area contributed by atoms with Crippen LogP contribution in [0.3, 0.4) is 0 Å². The third-order valence-corrected chi connectivity index (χ3v) is 4.39. The van der Waals surface area contributed by atoms with Crippen molar-refractivity contribution in [3.8, 4) is 0 Å². The lowest BCUT2D eigenvalue weighted by molar-refractivity contribution is -0.137. The minimum atomic E-state index is -4.39. The minimum absolute atomic E-state index is 0.201. The lowest BCUT2D eigenvalue weighted by Gasteiger charge is -2.36. The van der Waals surface area contributed by atoms with Crippen molar-refractivity contribution < 1.29 is 18.4 Å². The maximum absolute atomic E-state index is 12.6. The van der Waals surface area contributed by atoms with Gasteiger partial charge in [-0.3, -0.25) is 5.21 Å². The summed E-state index contributed by atoms with van der Waals surface area (Å²) in [5.74, 6) is 1.13. The summed E-state index contributed by atoms with van der Waals surface area (Å²) in [5, 5.41) is 9.42. The van der Waals surface area contributed by atoms with E-state index in [4.69, 9.17) is 0 Å². The number of aryl methyl sites for hydroxylation is 1. The molecule has 2 heterocycles. The molecular weight excluding hydrogens is 359 g/mol. The van der Waals surface area contributed by atoms with Crippen molar-refractivity contribution in [2.45, 2.75) is 13.1 Å². The van der Waals surface area contributed by atoms with Crippen molar-refractivity contribution >= 4 is 17.5 Å². The molecule has 2 aromatic rings. The van der Waals surface area contributed by atoms with E-state index < -0.39 is 11.7 Å². The summed E-state index contributed by atoms with van der Waals surface area (Å²) in [5.41, 5.74) is 2.72. The molecule has 0 saturated carbocycles. The number of nitrogens with zero attached hydrogens (tertiary/aromatic N) is 4. The molecule has 144 valence electrons. The molecule has 3 rings (SSSR count). The summed E-state index contributed by atoms with van der Waals surface area (Å²) < 4.78 is 37.9. The van der Waals surface area contributed by atoms with Gasteiger partial charge < -0.3 is 9.80 Å². The van der Waals surface area contributed by atoms with Gasteiger partial charge in [-0.25, -0.2) is 15.5 Å². The van der Waals surface area contributed by atoms with Crippen LogP contribution < -0.4 is 10.4 Å². The van der Waals surface area contributed by atoms with Gasteiger partial charge in [0.15, 0.2) is 0 Å². The third-order valence-electron chi connectivity index (χ3n) is 4.39. The maximum atomic E-state index is 12.6. The number of hydroxylamine groups is 1. The highest BCUT2D eigenvalue weighted by molar-refractivity contribution is 5.82. The van der Waals surface area contributed by atoms with E-state index in [9.17, 15) is 18.4 Å². The number of piperazine rings is 1. The standard InChI is InChI=1S/C18H20F3N5O/c1-13-3-2-8-22-16(13)25-9-11-26(12-10-25)17(24-27)23-15-6-4-14(5-7-15)18(19,20)21/h2-8,27H,9-12H2,1H3,(H,23,24). The Kier molecular flexibility index (Phi) is 5.50. The van der Waals surface area contributed by atoms with Gasteiger partial charge in [0.25, 0.3) is 0 Å². The molecule has 9 heteroatoms. The van der Waals surface area contributed by atoms with Crippen molar-refractivity contribution in [3.05, 3.63) is 53.7 Å². The first-order valence-electron chi connectivity index (χ1n) is 8.46. The molecule has 1 aliphatic rings. The quantitative estimate of drug-likeness (QED) is 0.477. The van der Waals surface area contributed by atoms with Crippen LogP contribution in [-0.4, -0.2) is 47.2 Å². The van der Waals surface area contributed by atoms with Crippen molar-refractivity contribution in [2.75, 3.05) is 31.1 Å². The van der Waals surface area contributed by atoms with Gasteiger partial charge in [-0.05, 0) is 42.8 Å². The Morgan fingerprint density at radius 2 is 1.78 bits per heavy atom. The largest absolute Gasteiger partial charge is 0.416 e. The molecule has 1 aromatic heterocycles. The molecule has 1 aromatic carbocycles. The molecule has 1 aliphatic heterocycles. The number of hydrogen-bond donors (Lipinski definition) is 2. The lowest BCUT2D eigenvalue weighted by Crippen LogP contribution is -2.52. The highest BCUT2D eigenvalue weighted by atomic mass is 19.4. The van der Waals surface area contributed by atoms with Gasteiger partial charge in [-0.1, -0.05) is 6.07 Å². The average molecular weight is 379 g/mol. The first-order chi connectivity index (χ1) is 12.9. The van der Waals surface area contributed by atoms with Crippen molar-refractivity contribution in [2.24, 2.45) is 4.99 Å². The topological polar surface area (TPSA) is 64.0 Å². The van der Waals surface area contributed by atoms with E-state index in [0.29, 0.717) is 31.9 Å². The summed E-state index contributed by atoms with van der Waals surface area (Å²) in [7, 11) is 0. The summed E-state index contributed by atoms with van der Waals surface area (Å²) >= 11 is 0. The fraction of sp³-hybridized carbons (Fsp3) is 0.333. The number of aliphatic imine (C=N–C) groups is 1. The van der Waals surface area contributed by atoms with Crippen LogP contribution in [0.4, 0.5) is 24.7 Å². The molecule has 0 spiro atoms. The van der Waals surface area contributed by atoms with Crippen LogP contribution in [0.15, 0.2) is 47.6 Å². The Morgan fingerprint density at radius 3 is 2.33 bits per heavy atom. The van der Waals surface area contributed by atoms with E-state index in [-0.39, 0.29) is 5.96 Å². The number of alkyl halides is 3. The zero-order valence-electron chi connectivity index (χ0n) is 14.7. The molecule has 0 atom stereocenters. The monoisotopic (exact) mass is 379 g/mol. The van der Waals surface area contributed by atoms with Crippen LogP contribution in [0.1, 0.15) is 11.1 Å². The van der Waals surface area contributed by atoms with Crippen LogP contribution >= 0.6 is 0 Å². The zero-order chi connectivity index (χ0) is 19.4. The Morgan fingerprint density at radius 1 is 1.11 bits per heavy atom. The Labute approximate surface area is 154 Å². The van der Waals surface area contributed by atoms with Crippen molar-refractivity contribution in [3.63, 3.8) is 0 Å². The molecule has 2 N–H and O–H groups in total. The molecule has 0 bridgehead atoms. The normalized spacial score (nSPS) is 15.8. The molecule has 0 amide bonds. The number of hydrogen-bond acceptors (Lipinski definition) is 4. The predicted molar refractivity (Wildman–Crippen MR) is 96.2 cm³/mol. The van der Waals surface area contributed by atoms with E-state index in [0.717, 1.165) is 23.5 Å². The van der Waals surface area contributed by atoms with Gasteiger partial charge in [-0.2, -0.15) is 13.2 Å². The predicted octanol–water partition coefficient (Wildman–Crippen LogP) is 3.20. The van der Waals surface area contributed by atoms with E-state index in [1.807, 2.05) is 24.0 Å². The SMILES string of the molecule is Cc1cccnc1N1CCN(C(=Nc2ccc(C(F)(F)F)cc2)NO)CC1. The number of guanidine groups is 1. The van der Waals surface area contributed by atoms with Crippen LogP contribution in [0.2, 0.25) is 0 Å².